The van der Waals surface area contributed by atoms with Gasteiger partial charge in [-0.25, -0.2) is 4.98 Å². The zero-order chi connectivity index (χ0) is 14.8. The molecule has 0 atom stereocenters. The van der Waals surface area contributed by atoms with Gasteiger partial charge in [-0.3, -0.25) is 0 Å². The van der Waals surface area contributed by atoms with Crippen molar-refractivity contribution in [3.8, 4) is 11.5 Å². The Labute approximate surface area is 122 Å². The number of methoxy groups -OCH3 is 1. The average Bonchev–Trinajstić information content (AvgIpc) is 2.81. The van der Waals surface area contributed by atoms with Crippen LogP contribution in [0.1, 0.15) is 11.4 Å². The number of hydrogen-bond donors (Lipinski definition) is 2. The summed E-state index contributed by atoms with van der Waals surface area (Å²) in [5, 5.41) is 13.1. The number of imidazole rings is 1. The van der Waals surface area contributed by atoms with Gasteiger partial charge in [0.15, 0.2) is 11.5 Å². The average molecular weight is 283 g/mol. The molecule has 0 aliphatic rings. The Balaban J connectivity index is 1.83. The first-order chi connectivity index (χ1) is 10.2. The van der Waals surface area contributed by atoms with E-state index in [0.717, 1.165) is 22.7 Å². The standard InChI is InChI=1S/C16H17N3O2/c1-11-13(19-8-4-3-5-16(19)18-11)10-17-12-6-7-15(21-2)14(20)9-12/h3-9,17,20H,10H2,1-2H3. The van der Waals surface area contributed by atoms with Crippen molar-refractivity contribution in [3.63, 3.8) is 0 Å². The number of hydrogen-bond acceptors (Lipinski definition) is 4. The summed E-state index contributed by atoms with van der Waals surface area (Å²) in [5.74, 6) is 0.587. The number of pyridine rings is 1. The second-order valence-electron chi connectivity index (χ2n) is 4.81. The van der Waals surface area contributed by atoms with Crippen LogP contribution in [0.15, 0.2) is 42.6 Å². The Hall–Kier alpha value is -2.69. The predicted octanol–water partition coefficient (Wildman–Crippen LogP) is 2.97. The smallest absolute Gasteiger partial charge is 0.160 e. The lowest BCUT2D eigenvalue weighted by Gasteiger charge is -2.09. The number of aryl methyl sites for hydroxylation is 1. The number of phenols is 1. The van der Waals surface area contributed by atoms with Crippen LogP contribution in [-0.4, -0.2) is 21.6 Å². The molecule has 0 spiro atoms. The van der Waals surface area contributed by atoms with Crippen molar-refractivity contribution in [1.29, 1.82) is 0 Å². The number of aromatic hydroxyl groups is 1. The SMILES string of the molecule is COc1ccc(NCc2c(C)nc3ccccn23)cc1O. The van der Waals surface area contributed by atoms with E-state index in [0.29, 0.717) is 12.3 Å². The Morgan fingerprint density at radius 3 is 2.90 bits per heavy atom. The number of ether oxygens (including phenoxy) is 1. The molecule has 5 nitrogen and oxygen atoms in total. The minimum atomic E-state index is 0.123. The topological polar surface area (TPSA) is 58.8 Å². The van der Waals surface area contributed by atoms with Crippen LogP contribution in [-0.2, 0) is 6.54 Å². The Bertz CT molecular complexity index is 780. The molecular formula is C16H17N3O2. The van der Waals surface area contributed by atoms with Crippen LogP contribution in [0, 0.1) is 6.92 Å². The Morgan fingerprint density at radius 1 is 1.29 bits per heavy atom. The van der Waals surface area contributed by atoms with Crippen LogP contribution in [0.5, 0.6) is 11.5 Å². The molecule has 0 fully saturated rings. The highest BCUT2D eigenvalue weighted by atomic mass is 16.5. The normalized spacial score (nSPS) is 10.8. The van der Waals surface area contributed by atoms with Gasteiger partial charge in [0, 0.05) is 18.0 Å². The van der Waals surface area contributed by atoms with Crippen LogP contribution in [0.25, 0.3) is 5.65 Å². The van der Waals surface area contributed by atoms with Gasteiger partial charge in [-0.15, -0.1) is 0 Å². The fraction of sp³-hybridized carbons (Fsp3) is 0.188. The minimum Gasteiger partial charge on any atom is -0.504 e. The third-order valence-electron chi connectivity index (χ3n) is 3.47. The number of anilines is 1. The predicted molar refractivity (Wildman–Crippen MR) is 81.9 cm³/mol. The molecule has 0 radical (unpaired) electrons. The summed E-state index contributed by atoms with van der Waals surface area (Å²) >= 11 is 0. The third-order valence-corrected chi connectivity index (χ3v) is 3.47. The van der Waals surface area contributed by atoms with Gasteiger partial charge in [-0.1, -0.05) is 6.07 Å². The van der Waals surface area contributed by atoms with Gasteiger partial charge in [0.1, 0.15) is 5.65 Å². The van der Waals surface area contributed by atoms with E-state index >= 15 is 0 Å². The molecule has 0 saturated carbocycles. The molecule has 0 unspecified atom stereocenters. The van der Waals surface area contributed by atoms with E-state index in [2.05, 4.69) is 14.7 Å². The fourth-order valence-corrected chi connectivity index (χ4v) is 2.36. The number of fused-ring (bicyclic) bond motifs is 1. The van der Waals surface area contributed by atoms with E-state index in [-0.39, 0.29) is 5.75 Å². The number of benzene rings is 1. The van der Waals surface area contributed by atoms with Crippen LogP contribution >= 0.6 is 0 Å². The highest BCUT2D eigenvalue weighted by Gasteiger charge is 2.08. The van der Waals surface area contributed by atoms with Crippen molar-refractivity contribution >= 4 is 11.3 Å². The number of phenolic OH excluding ortho intramolecular Hbond substituents is 1. The van der Waals surface area contributed by atoms with E-state index in [4.69, 9.17) is 4.74 Å². The second-order valence-corrected chi connectivity index (χ2v) is 4.81. The van der Waals surface area contributed by atoms with Gasteiger partial charge >= 0.3 is 0 Å². The third kappa shape index (κ3) is 2.50. The summed E-state index contributed by atoms with van der Waals surface area (Å²) in [7, 11) is 1.53. The molecule has 21 heavy (non-hydrogen) atoms. The summed E-state index contributed by atoms with van der Waals surface area (Å²) in [6.45, 7) is 2.62. The molecule has 108 valence electrons. The zero-order valence-corrected chi connectivity index (χ0v) is 12.0. The molecule has 3 rings (SSSR count). The quantitative estimate of drug-likeness (QED) is 0.773. The van der Waals surface area contributed by atoms with E-state index in [9.17, 15) is 5.11 Å². The molecular weight excluding hydrogens is 266 g/mol. The summed E-state index contributed by atoms with van der Waals surface area (Å²) < 4.78 is 7.10. The highest BCUT2D eigenvalue weighted by molar-refractivity contribution is 5.54. The maximum absolute atomic E-state index is 9.79. The second kappa shape index (κ2) is 5.36. The van der Waals surface area contributed by atoms with Gasteiger partial charge in [-0.2, -0.15) is 0 Å². The van der Waals surface area contributed by atoms with Crippen LogP contribution in [0.2, 0.25) is 0 Å². The number of rotatable bonds is 4. The lowest BCUT2D eigenvalue weighted by atomic mass is 10.2. The highest BCUT2D eigenvalue weighted by Crippen LogP contribution is 2.28. The molecule has 2 aromatic heterocycles. The van der Waals surface area contributed by atoms with Crippen LogP contribution in [0.4, 0.5) is 5.69 Å². The van der Waals surface area contributed by atoms with Gasteiger partial charge in [0.25, 0.3) is 0 Å². The first kappa shape index (κ1) is 13.3. The Morgan fingerprint density at radius 2 is 2.14 bits per heavy atom. The molecule has 2 heterocycles. The lowest BCUT2D eigenvalue weighted by Crippen LogP contribution is -2.04. The molecule has 0 saturated heterocycles. The Kier molecular flexibility index (Phi) is 3.39. The first-order valence-corrected chi connectivity index (χ1v) is 6.72. The molecule has 0 aliphatic heterocycles. The zero-order valence-electron chi connectivity index (χ0n) is 12.0. The van der Waals surface area contributed by atoms with E-state index in [1.165, 1.54) is 7.11 Å². The minimum absolute atomic E-state index is 0.123. The van der Waals surface area contributed by atoms with Crippen molar-refractivity contribution in [2.75, 3.05) is 12.4 Å². The molecule has 1 aromatic carbocycles. The van der Waals surface area contributed by atoms with Gasteiger partial charge < -0.3 is 19.6 Å². The maximum atomic E-state index is 9.79. The van der Waals surface area contributed by atoms with Crippen LogP contribution in [0.3, 0.4) is 0 Å². The van der Waals surface area contributed by atoms with Gasteiger partial charge in [0.05, 0.1) is 25.0 Å². The van der Waals surface area contributed by atoms with Crippen molar-refractivity contribution in [2.45, 2.75) is 13.5 Å². The fourth-order valence-electron chi connectivity index (χ4n) is 2.36. The van der Waals surface area contributed by atoms with Crippen molar-refractivity contribution in [1.82, 2.24) is 9.38 Å². The summed E-state index contributed by atoms with van der Waals surface area (Å²) in [6.07, 6.45) is 2.00. The monoisotopic (exact) mass is 283 g/mol. The van der Waals surface area contributed by atoms with Crippen molar-refractivity contribution < 1.29 is 9.84 Å². The van der Waals surface area contributed by atoms with E-state index in [1.54, 1.807) is 12.1 Å². The van der Waals surface area contributed by atoms with Crippen LogP contribution < -0.4 is 10.1 Å². The molecule has 0 aliphatic carbocycles. The van der Waals surface area contributed by atoms with E-state index in [1.807, 2.05) is 37.4 Å². The molecule has 5 heteroatoms. The molecule has 0 bridgehead atoms. The van der Waals surface area contributed by atoms with Crippen molar-refractivity contribution in [2.24, 2.45) is 0 Å². The lowest BCUT2D eigenvalue weighted by molar-refractivity contribution is 0.373. The largest absolute Gasteiger partial charge is 0.504 e. The number of nitrogens with one attached hydrogen (secondary N) is 1. The molecule has 0 amide bonds. The summed E-state index contributed by atoms with van der Waals surface area (Å²) in [4.78, 5) is 4.52. The number of nitrogens with zero attached hydrogens (tertiary/aromatic N) is 2. The molecule has 3 aromatic rings. The summed E-state index contributed by atoms with van der Waals surface area (Å²) in [5.41, 5.74) is 3.86. The van der Waals surface area contributed by atoms with Crippen molar-refractivity contribution in [3.05, 3.63) is 54.0 Å². The van der Waals surface area contributed by atoms with Gasteiger partial charge in [0.2, 0.25) is 0 Å². The number of aromatic nitrogens is 2. The first-order valence-electron chi connectivity index (χ1n) is 6.72. The maximum Gasteiger partial charge on any atom is 0.160 e. The van der Waals surface area contributed by atoms with Gasteiger partial charge in [-0.05, 0) is 31.2 Å². The molecule has 2 N–H and O–H groups in total. The summed E-state index contributed by atoms with van der Waals surface area (Å²) in [6, 6.07) is 11.2. The van der Waals surface area contributed by atoms with E-state index < -0.39 is 0 Å².